The van der Waals surface area contributed by atoms with Gasteiger partial charge in [0.15, 0.2) is 0 Å². The molecule has 0 radical (unpaired) electrons. The molecule has 1 aliphatic rings. The van der Waals surface area contributed by atoms with Crippen LogP contribution in [0.5, 0.6) is 0 Å². The summed E-state index contributed by atoms with van der Waals surface area (Å²) in [6, 6.07) is 22.5. The van der Waals surface area contributed by atoms with E-state index in [-0.39, 0.29) is 5.91 Å². The molecule has 0 unspecified atom stereocenters. The highest BCUT2D eigenvalue weighted by Gasteiger charge is 2.26. The van der Waals surface area contributed by atoms with Gasteiger partial charge in [0.25, 0.3) is 0 Å². The predicted molar refractivity (Wildman–Crippen MR) is 136 cm³/mol. The van der Waals surface area contributed by atoms with Gasteiger partial charge in [0.1, 0.15) is 5.01 Å². The van der Waals surface area contributed by atoms with E-state index in [1.807, 2.05) is 48.5 Å². The van der Waals surface area contributed by atoms with E-state index in [1.165, 1.54) is 0 Å². The van der Waals surface area contributed by atoms with Gasteiger partial charge in [-0.2, -0.15) is 4.31 Å². The molecule has 5 rings (SSSR count). The second-order valence-corrected chi connectivity index (χ2v) is 11.3. The monoisotopic (exact) mass is 491 g/mol. The number of rotatable bonds is 7. The number of aromatic nitrogens is 1. The molecule has 34 heavy (non-hydrogen) atoms. The summed E-state index contributed by atoms with van der Waals surface area (Å²) in [6.45, 7) is 1.17. The van der Waals surface area contributed by atoms with E-state index in [1.54, 1.807) is 39.9 Å². The highest BCUT2D eigenvalue weighted by molar-refractivity contribution is 7.89. The first-order chi connectivity index (χ1) is 16.5. The number of nitrogens with zero attached hydrogens (tertiary/aromatic N) is 2. The van der Waals surface area contributed by atoms with Crippen LogP contribution in [0.25, 0.3) is 20.8 Å². The van der Waals surface area contributed by atoms with E-state index >= 15 is 0 Å². The van der Waals surface area contributed by atoms with Gasteiger partial charge in [-0.05, 0) is 61.2 Å². The number of para-hydroxylation sites is 2. The van der Waals surface area contributed by atoms with Crippen molar-refractivity contribution in [3.63, 3.8) is 0 Å². The first-order valence-electron chi connectivity index (χ1n) is 11.3. The summed E-state index contributed by atoms with van der Waals surface area (Å²) >= 11 is 1.60. The molecule has 1 amide bonds. The second-order valence-electron chi connectivity index (χ2n) is 8.34. The highest BCUT2D eigenvalue weighted by atomic mass is 32.2. The smallest absolute Gasteiger partial charge is 0.243 e. The number of hydrogen-bond donors (Lipinski definition) is 1. The van der Waals surface area contributed by atoms with E-state index in [2.05, 4.69) is 5.32 Å². The summed E-state index contributed by atoms with van der Waals surface area (Å²) < 4.78 is 28.0. The first-order valence-corrected chi connectivity index (χ1v) is 13.6. The summed E-state index contributed by atoms with van der Waals surface area (Å²) in [6.07, 6.45) is 2.65. The van der Waals surface area contributed by atoms with Crippen LogP contribution in [0, 0.1) is 0 Å². The highest BCUT2D eigenvalue weighted by Crippen LogP contribution is 2.34. The molecular weight excluding hydrogens is 466 g/mol. The fourth-order valence-corrected chi connectivity index (χ4v) is 6.66. The average molecular weight is 492 g/mol. The molecule has 0 spiro atoms. The molecular formula is C26H25N3O3S2. The van der Waals surface area contributed by atoms with Gasteiger partial charge in [0, 0.05) is 25.1 Å². The predicted octanol–water partition coefficient (Wildman–Crippen LogP) is 5.32. The van der Waals surface area contributed by atoms with Crippen LogP contribution < -0.4 is 5.32 Å². The lowest BCUT2D eigenvalue weighted by atomic mass is 10.1. The van der Waals surface area contributed by atoms with Gasteiger partial charge in [-0.3, -0.25) is 4.79 Å². The minimum Gasteiger partial charge on any atom is -0.325 e. The Morgan fingerprint density at radius 2 is 1.65 bits per heavy atom. The molecule has 1 N–H and O–H groups in total. The number of benzene rings is 3. The van der Waals surface area contributed by atoms with Crippen LogP contribution in [0.3, 0.4) is 0 Å². The lowest BCUT2D eigenvalue weighted by molar-refractivity contribution is -0.116. The molecule has 1 fully saturated rings. The van der Waals surface area contributed by atoms with E-state index < -0.39 is 10.0 Å². The molecule has 1 aliphatic heterocycles. The van der Waals surface area contributed by atoms with Gasteiger partial charge in [0.05, 0.1) is 20.8 Å². The number of carbonyl (C=O) groups is 1. The summed E-state index contributed by atoms with van der Waals surface area (Å²) in [4.78, 5) is 17.7. The topological polar surface area (TPSA) is 79.4 Å². The van der Waals surface area contributed by atoms with Gasteiger partial charge < -0.3 is 5.32 Å². The molecule has 0 saturated carbocycles. The quantitative estimate of drug-likeness (QED) is 0.380. The van der Waals surface area contributed by atoms with Crippen molar-refractivity contribution in [2.45, 2.75) is 30.6 Å². The lowest BCUT2D eigenvalue weighted by Gasteiger charge is -2.15. The van der Waals surface area contributed by atoms with Gasteiger partial charge in [0.2, 0.25) is 15.9 Å². The number of hydrogen-bond acceptors (Lipinski definition) is 5. The van der Waals surface area contributed by atoms with Crippen LogP contribution in [0.2, 0.25) is 0 Å². The molecule has 1 aromatic heterocycles. The number of thiazole rings is 1. The number of sulfonamides is 1. The van der Waals surface area contributed by atoms with Gasteiger partial charge in [-0.1, -0.05) is 36.4 Å². The minimum absolute atomic E-state index is 0.0951. The zero-order chi connectivity index (χ0) is 23.5. The van der Waals surface area contributed by atoms with Crippen LogP contribution >= 0.6 is 11.3 Å². The van der Waals surface area contributed by atoms with Gasteiger partial charge >= 0.3 is 0 Å². The van der Waals surface area contributed by atoms with Crippen molar-refractivity contribution in [2.24, 2.45) is 0 Å². The third-order valence-electron chi connectivity index (χ3n) is 5.99. The van der Waals surface area contributed by atoms with Crippen molar-refractivity contribution in [1.82, 2.24) is 9.29 Å². The summed E-state index contributed by atoms with van der Waals surface area (Å²) in [5, 5.41) is 3.89. The average Bonchev–Trinajstić information content (AvgIpc) is 3.54. The van der Waals surface area contributed by atoms with Crippen molar-refractivity contribution in [2.75, 3.05) is 18.4 Å². The standard InChI is InChI=1S/C26H25N3O3S2/c30-25(16-13-19-11-14-20(15-12-19)34(31,32)29-17-5-6-18-29)27-22-8-2-1-7-21(22)26-28-23-9-3-4-10-24(23)33-26/h1-4,7-12,14-15H,5-6,13,16-18H2,(H,27,30). The molecule has 4 aromatic rings. The Bertz CT molecular complexity index is 1390. The maximum Gasteiger partial charge on any atom is 0.243 e. The zero-order valence-corrected chi connectivity index (χ0v) is 20.2. The Labute approximate surface area is 203 Å². The van der Waals surface area contributed by atoms with Crippen LogP contribution in [0.4, 0.5) is 5.69 Å². The Kier molecular flexibility index (Phi) is 6.45. The fourth-order valence-electron chi connectivity index (χ4n) is 4.14. The molecule has 3 aromatic carbocycles. The number of amides is 1. The van der Waals surface area contributed by atoms with Crippen LogP contribution in [0.15, 0.2) is 77.7 Å². The van der Waals surface area contributed by atoms with Crippen molar-refractivity contribution < 1.29 is 13.2 Å². The molecule has 2 heterocycles. The van der Waals surface area contributed by atoms with Crippen molar-refractivity contribution in [3.8, 4) is 10.6 Å². The summed E-state index contributed by atoms with van der Waals surface area (Å²) in [5.41, 5.74) is 3.50. The molecule has 0 atom stereocenters. The van der Waals surface area contributed by atoms with Gasteiger partial charge in [-0.25, -0.2) is 13.4 Å². The fraction of sp³-hybridized carbons (Fsp3) is 0.231. The molecule has 8 heteroatoms. The minimum atomic E-state index is -3.42. The zero-order valence-electron chi connectivity index (χ0n) is 18.6. The molecule has 1 saturated heterocycles. The SMILES string of the molecule is O=C(CCc1ccc(S(=O)(=O)N2CCCC2)cc1)Nc1ccccc1-c1nc2ccccc2s1. The van der Waals surface area contributed by atoms with E-state index in [4.69, 9.17) is 4.98 Å². The summed E-state index contributed by atoms with van der Waals surface area (Å²) in [7, 11) is -3.42. The van der Waals surface area contributed by atoms with Crippen LogP contribution in [0.1, 0.15) is 24.8 Å². The normalized spacial score (nSPS) is 14.5. The van der Waals surface area contributed by atoms with Gasteiger partial charge in [-0.15, -0.1) is 11.3 Å². The second kappa shape index (κ2) is 9.66. The van der Waals surface area contributed by atoms with Crippen molar-refractivity contribution in [3.05, 3.63) is 78.4 Å². The number of anilines is 1. The third kappa shape index (κ3) is 4.75. The lowest BCUT2D eigenvalue weighted by Crippen LogP contribution is -2.27. The van der Waals surface area contributed by atoms with Crippen molar-refractivity contribution in [1.29, 1.82) is 0 Å². The number of fused-ring (bicyclic) bond motifs is 1. The molecule has 0 bridgehead atoms. The number of nitrogens with one attached hydrogen (secondary N) is 1. The molecule has 0 aliphatic carbocycles. The number of aryl methyl sites for hydroxylation is 1. The Morgan fingerprint density at radius 1 is 0.941 bits per heavy atom. The van der Waals surface area contributed by atoms with E-state index in [9.17, 15) is 13.2 Å². The largest absolute Gasteiger partial charge is 0.325 e. The van der Waals surface area contributed by atoms with Crippen LogP contribution in [-0.4, -0.2) is 36.7 Å². The molecule has 174 valence electrons. The molecule has 6 nitrogen and oxygen atoms in total. The van der Waals surface area contributed by atoms with Crippen LogP contribution in [-0.2, 0) is 21.2 Å². The number of carbonyl (C=O) groups excluding carboxylic acids is 1. The Morgan fingerprint density at radius 3 is 2.41 bits per heavy atom. The van der Waals surface area contributed by atoms with E-state index in [0.717, 1.165) is 44.9 Å². The van der Waals surface area contributed by atoms with Crippen molar-refractivity contribution >= 4 is 43.2 Å². The summed E-state index contributed by atoms with van der Waals surface area (Å²) in [5.74, 6) is -0.0951. The Hall–Kier alpha value is -3.07. The Balaban J connectivity index is 1.24. The maximum atomic E-state index is 12.7. The maximum absolute atomic E-state index is 12.7. The third-order valence-corrected chi connectivity index (χ3v) is 8.97. The first kappa shape index (κ1) is 22.7. The van der Waals surface area contributed by atoms with E-state index in [0.29, 0.717) is 30.8 Å².